The van der Waals surface area contributed by atoms with Gasteiger partial charge >= 0.3 is 5.97 Å². The third-order valence-corrected chi connectivity index (χ3v) is 4.57. The van der Waals surface area contributed by atoms with Crippen molar-refractivity contribution in [2.45, 2.75) is 31.3 Å². The number of ether oxygens (including phenoxy) is 1. The second-order valence-electron chi connectivity index (χ2n) is 5.72. The van der Waals surface area contributed by atoms with Crippen molar-refractivity contribution in [3.63, 3.8) is 0 Å². The molecule has 134 valence electrons. The van der Waals surface area contributed by atoms with Gasteiger partial charge in [0.05, 0.1) is 18.1 Å². The second-order valence-corrected chi connectivity index (χ2v) is 6.89. The highest BCUT2D eigenvalue weighted by molar-refractivity contribution is 7.99. The molecular weight excluding hydrogens is 348 g/mol. The topological polar surface area (TPSA) is 79.2 Å². The summed E-state index contributed by atoms with van der Waals surface area (Å²) < 4.78 is 5.17. The van der Waals surface area contributed by atoms with Crippen LogP contribution in [0.3, 0.4) is 0 Å². The van der Waals surface area contributed by atoms with Crippen LogP contribution in [0.5, 0.6) is 0 Å². The lowest BCUT2D eigenvalue weighted by Crippen LogP contribution is -2.30. The van der Waals surface area contributed by atoms with Gasteiger partial charge in [-0.05, 0) is 50.2 Å². The molecule has 0 bridgehead atoms. The Morgan fingerprint density at radius 2 is 1.81 bits per heavy atom. The molecule has 0 saturated heterocycles. The summed E-state index contributed by atoms with van der Waals surface area (Å²) in [6.45, 7) is 3.56. The van der Waals surface area contributed by atoms with Crippen LogP contribution in [0.1, 0.15) is 24.5 Å². The van der Waals surface area contributed by atoms with Crippen molar-refractivity contribution in [2.24, 2.45) is 0 Å². The van der Waals surface area contributed by atoms with E-state index in [1.54, 1.807) is 36.0 Å². The van der Waals surface area contributed by atoms with Crippen molar-refractivity contribution in [1.82, 2.24) is 0 Å². The van der Waals surface area contributed by atoms with Crippen molar-refractivity contribution in [2.75, 3.05) is 11.1 Å². The first-order valence-electron chi connectivity index (χ1n) is 8.18. The number of carbonyl (C=O) groups is 2. The molecule has 0 aliphatic rings. The van der Waals surface area contributed by atoms with Gasteiger partial charge in [-0.3, -0.25) is 9.59 Å². The monoisotopic (exact) mass is 368 g/mol. The maximum absolute atomic E-state index is 12.1. The predicted octanol–water partition coefficient (Wildman–Crippen LogP) is 3.92. The lowest BCUT2D eigenvalue weighted by atomic mass is 10.2. The van der Waals surface area contributed by atoms with Crippen LogP contribution in [0, 0.1) is 18.3 Å². The SMILES string of the molecule is Cc1ccc(SCCC(=O)O[C@H](C)C(=O)Nc2ccc(C#N)cc2)cc1. The van der Waals surface area contributed by atoms with E-state index in [0.29, 0.717) is 17.0 Å². The smallest absolute Gasteiger partial charge is 0.307 e. The minimum atomic E-state index is -0.887. The molecule has 0 spiro atoms. The summed E-state index contributed by atoms with van der Waals surface area (Å²) in [5.74, 6) is -0.229. The minimum Gasteiger partial charge on any atom is -0.453 e. The second kappa shape index (κ2) is 9.64. The predicted molar refractivity (Wildman–Crippen MR) is 102 cm³/mol. The minimum absolute atomic E-state index is 0.229. The highest BCUT2D eigenvalue weighted by atomic mass is 32.2. The zero-order chi connectivity index (χ0) is 18.9. The number of rotatable bonds is 7. The van der Waals surface area contributed by atoms with Gasteiger partial charge in [-0.1, -0.05) is 17.7 Å². The largest absolute Gasteiger partial charge is 0.453 e. The summed E-state index contributed by atoms with van der Waals surface area (Å²) in [5.41, 5.74) is 2.25. The van der Waals surface area contributed by atoms with Crippen molar-refractivity contribution >= 4 is 29.3 Å². The quantitative estimate of drug-likeness (QED) is 0.592. The van der Waals surface area contributed by atoms with Gasteiger partial charge in [0.15, 0.2) is 6.10 Å². The van der Waals surface area contributed by atoms with E-state index in [1.807, 2.05) is 37.3 Å². The highest BCUT2D eigenvalue weighted by Gasteiger charge is 2.17. The highest BCUT2D eigenvalue weighted by Crippen LogP contribution is 2.19. The maximum Gasteiger partial charge on any atom is 0.307 e. The van der Waals surface area contributed by atoms with Gasteiger partial charge in [-0.25, -0.2) is 0 Å². The first-order valence-corrected chi connectivity index (χ1v) is 9.16. The molecule has 0 aromatic heterocycles. The van der Waals surface area contributed by atoms with E-state index in [0.717, 1.165) is 4.90 Å². The van der Waals surface area contributed by atoms with Crippen LogP contribution in [0.15, 0.2) is 53.4 Å². The molecule has 0 aliphatic heterocycles. The standard InChI is InChI=1S/C20H20N2O3S/c1-14-3-9-18(10-4-14)26-12-11-19(23)25-15(2)20(24)22-17-7-5-16(13-21)6-8-17/h3-10,15H,11-12H2,1-2H3,(H,22,24)/t15-/m1/s1. The fourth-order valence-corrected chi connectivity index (χ4v) is 2.90. The van der Waals surface area contributed by atoms with Gasteiger partial charge in [-0.15, -0.1) is 11.8 Å². The van der Waals surface area contributed by atoms with E-state index < -0.39 is 18.0 Å². The molecule has 6 heteroatoms. The zero-order valence-corrected chi connectivity index (χ0v) is 15.5. The normalized spacial score (nSPS) is 11.3. The Balaban J connectivity index is 1.73. The number of thioether (sulfide) groups is 1. The Hall–Kier alpha value is -2.78. The van der Waals surface area contributed by atoms with E-state index in [-0.39, 0.29) is 6.42 Å². The number of hydrogen-bond donors (Lipinski definition) is 1. The third kappa shape index (κ3) is 6.26. The number of benzene rings is 2. The van der Waals surface area contributed by atoms with Crippen LogP contribution in [0.4, 0.5) is 5.69 Å². The average molecular weight is 368 g/mol. The lowest BCUT2D eigenvalue weighted by molar-refractivity contribution is -0.152. The number of hydrogen-bond acceptors (Lipinski definition) is 5. The molecule has 2 aromatic carbocycles. The Labute approximate surface area is 157 Å². The van der Waals surface area contributed by atoms with Crippen LogP contribution in [0.2, 0.25) is 0 Å². The summed E-state index contributed by atoms with van der Waals surface area (Å²) >= 11 is 1.57. The molecule has 0 radical (unpaired) electrons. The summed E-state index contributed by atoms with van der Waals surface area (Å²) in [4.78, 5) is 25.1. The van der Waals surface area contributed by atoms with Crippen LogP contribution < -0.4 is 5.32 Å². The number of aryl methyl sites for hydroxylation is 1. The van der Waals surface area contributed by atoms with Crippen LogP contribution >= 0.6 is 11.8 Å². The molecule has 2 rings (SSSR count). The van der Waals surface area contributed by atoms with Crippen LogP contribution in [-0.4, -0.2) is 23.7 Å². The van der Waals surface area contributed by atoms with Gasteiger partial charge in [0.1, 0.15) is 0 Å². The molecule has 1 N–H and O–H groups in total. The van der Waals surface area contributed by atoms with Crippen LogP contribution in [0.25, 0.3) is 0 Å². The molecule has 26 heavy (non-hydrogen) atoms. The molecule has 5 nitrogen and oxygen atoms in total. The Bertz CT molecular complexity index is 795. The number of amides is 1. The van der Waals surface area contributed by atoms with Crippen LogP contribution in [-0.2, 0) is 14.3 Å². The molecule has 0 unspecified atom stereocenters. The van der Waals surface area contributed by atoms with E-state index in [2.05, 4.69) is 5.32 Å². The van der Waals surface area contributed by atoms with Crippen molar-refractivity contribution in [3.05, 3.63) is 59.7 Å². The van der Waals surface area contributed by atoms with E-state index in [1.165, 1.54) is 12.5 Å². The maximum atomic E-state index is 12.1. The average Bonchev–Trinajstić information content (AvgIpc) is 2.64. The molecule has 0 saturated carbocycles. The number of nitrogens with one attached hydrogen (secondary N) is 1. The summed E-state index contributed by atoms with van der Waals surface area (Å²) in [6, 6.07) is 16.5. The molecule has 0 heterocycles. The molecule has 1 atom stereocenters. The number of nitriles is 1. The Kier molecular flexibility index (Phi) is 7.24. The summed E-state index contributed by atoms with van der Waals surface area (Å²) in [5, 5.41) is 11.4. The first kappa shape index (κ1) is 19.5. The fourth-order valence-electron chi connectivity index (χ4n) is 2.07. The van der Waals surface area contributed by atoms with Crippen molar-refractivity contribution in [1.29, 1.82) is 5.26 Å². The van der Waals surface area contributed by atoms with Gasteiger partial charge < -0.3 is 10.1 Å². The molecule has 2 aromatic rings. The number of nitrogens with zero attached hydrogens (tertiary/aromatic N) is 1. The molecular formula is C20H20N2O3S. The molecule has 0 aliphatic carbocycles. The fraction of sp³-hybridized carbons (Fsp3) is 0.250. The van der Waals surface area contributed by atoms with E-state index in [4.69, 9.17) is 10.00 Å². The third-order valence-electron chi connectivity index (χ3n) is 3.55. The van der Waals surface area contributed by atoms with Crippen molar-refractivity contribution < 1.29 is 14.3 Å². The first-order chi connectivity index (χ1) is 12.5. The van der Waals surface area contributed by atoms with Gasteiger partial charge in [0.25, 0.3) is 5.91 Å². The van der Waals surface area contributed by atoms with Gasteiger partial charge in [0, 0.05) is 16.3 Å². The van der Waals surface area contributed by atoms with Crippen molar-refractivity contribution in [3.8, 4) is 6.07 Å². The Morgan fingerprint density at radius 1 is 1.15 bits per heavy atom. The van der Waals surface area contributed by atoms with E-state index in [9.17, 15) is 9.59 Å². The summed E-state index contributed by atoms with van der Waals surface area (Å²) in [7, 11) is 0. The molecule has 0 fully saturated rings. The van der Waals surface area contributed by atoms with Gasteiger partial charge in [0.2, 0.25) is 0 Å². The summed E-state index contributed by atoms with van der Waals surface area (Å²) in [6.07, 6.45) is -0.657. The number of anilines is 1. The Morgan fingerprint density at radius 3 is 2.42 bits per heavy atom. The van der Waals surface area contributed by atoms with Gasteiger partial charge in [-0.2, -0.15) is 5.26 Å². The lowest BCUT2D eigenvalue weighted by Gasteiger charge is -2.13. The van der Waals surface area contributed by atoms with E-state index >= 15 is 0 Å². The zero-order valence-electron chi connectivity index (χ0n) is 14.7. The molecule has 1 amide bonds. The number of carbonyl (C=O) groups excluding carboxylic acids is 2. The number of esters is 1.